The molecule has 3 rings (SSSR count). The lowest BCUT2D eigenvalue weighted by Crippen LogP contribution is -2.59. The number of anilines is 2. The summed E-state index contributed by atoms with van der Waals surface area (Å²) >= 11 is 0. The maximum Gasteiger partial charge on any atom is 0.280 e. The third-order valence-electron chi connectivity index (χ3n) is 3.89. The minimum Gasteiger partial charge on any atom is -0.465 e. The fourth-order valence-electron chi connectivity index (χ4n) is 2.53. The molecule has 1 unspecified atom stereocenters. The van der Waals surface area contributed by atoms with E-state index in [2.05, 4.69) is 10.4 Å². The molecule has 120 valence electrons. The van der Waals surface area contributed by atoms with Gasteiger partial charge < -0.3 is 15.0 Å². The molecule has 2 amide bonds. The van der Waals surface area contributed by atoms with Crippen LogP contribution in [0.15, 0.2) is 30.5 Å². The van der Waals surface area contributed by atoms with Crippen molar-refractivity contribution in [2.24, 2.45) is 7.05 Å². The first kappa shape index (κ1) is 15.1. The summed E-state index contributed by atoms with van der Waals surface area (Å²) in [6.07, 6.45) is 1.70. The molecule has 0 saturated heterocycles. The monoisotopic (exact) mass is 314 g/mol. The average molecular weight is 314 g/mol. The number of aryl methyl sites for hydroxylation is 2. The van der Waals surface area contributed by atoms with Crippen LogP contribution in [-0.4, -0.2) is 34.2 Å². The lowest BCUT2D eigenvalue weighted by Gasteiger charge is -2.37. The second-order valence-electron chi connectivity index (χ2n) is 5.80. The molecule has 0 spiro atoms. The zero-order chi connectivity index (χ0) is 16.8. The zero-order valence-corrected chi connectivity index (χ0v) is 13.5. The smallest absolute Gasteiger partial charge is 0.280 e. The highest BCUT2D eigenvalue weighted by Crippen LogP contribution is 2.38. The van der Waals surface area contributed by atoms with Gasteiger partial charge in [0, 0.05) is 26.4 Å². The third-order valence-corrected chi connectivity index (χ3v) is 3.89. The molecule has 2 heterocycles. The van der Waals surface area contributed by atoms with E-state index in [1.165, 1.54) is 11.8 Å². The van der Waals surface area contributed by atoms with Gasteiger partial charge in [-0.2, -0.15) is 5.10 Å². The molecule has 2 aromatic rings. The van der Waals surface area contributed by atoms with Crippen molar-refractivity contribution in [3.63, 3.8) is 0 Å². The number of rotatable bonds is 2. The summed E-state index contributed by atoms with van der Waals surface area (Å²) in [7, 11) is 3.38. The number of aromatic nitrogens is 2. The molecule has 1 aromatic heterocycles. The predicted octanol–water partition coefficient (Wildman–Crippen LogP) is 1.48. The van der Waals surface area contributed by atoms with Crippen molar-refractivity contribution in [3.05, 3.63) is 36.0 Å². The summed E-state index contributed by atoms with van der Waals surface area (Å²) in [5, 5.41) is 6.70. The molecule has 23 heavy (non-hydrogen) atoms. The number of carbonyl (C=O) groups is 2. The van der Waals surface area contributed by atoms with Gasteiger partial charge in [0.2, 0.25) is 0 Å². The van der Waals surface area contributed by atoms with E-state index in [-0.39, 0.29) is 0 Å². The molecule has 1 aliphatic rings. The first-order valence-corrected chi connectivity index (χ1v) is 7.20. The molecule has 1 aromatic carbocycles. The highest BCUT2D eigenvalue weighted by atomic mass is 16.5. The summed E-state index contributed by atoms with van der Waals surface area (Å²) in [5.74, 6) is -0.118. The van der Waals surface area contributed by atoms with Crippen LogP contribution in [0.5, 0.6) is 5.75 Å². The van der Waals surface area contributed by atoms with Crippen molar-refractivity contribution in [2.75, 3.05) is 17.3 Å². The number of fused-ring (bicyclic) bond motifs is 1. The Balaban J connectivity index is 1.93. The third kappa shape index (κ3) is 2.44. The Morgan fingerprint density at radius 3 is 2.70 bits per heavy atom. The predicted molar refractivity (Wildman–Crippen MR) is 85.5 cm³/mol. The number of ether oxygens (including phenoxy) is 1. The van der Waals surface area contributed by atoms with E-state index >= 15 is 0 Å². The fraction of sp³-hybridized carbons (Fsp3) is 0.312. The summed E-state index contributed by atoms with van der Waals surface area (Å²) in [6.45, 7) is 3.40. The van der Waals surface area contributed by atoms with Gasteiger partial charge in [0.25, 0.3) is 17.4 Å². The van der Waals surface area contributed by atoms with Crippen LogP contribution < -0.4 is 15.0 Å². The van der Waals surface area contributed by atoms with Gasteiger partial charge in [0.05, 0.1) is 5.69 Å². The van der Waals surface area contributed by atoms with Crippen LogP contribution in [-0.2, 0) is 16.6 Å². The Morgan fingerprint density at radius 1 is 1.30 bits per heavy atom. The molecular formula is C16H18N4O3. The SMILES string of the molecule is Cc1ccc2c(c1)N(C)C(=O)C(C)(C(=O)Nc1ccn(C)n1)O2. The summed E-state index contributed by atoms with van der Waals surface area (Å²) < 4.78 is 7.32. The molecule has 0 radical (unpaired) electrons. The Morgan fingerprint density at radius 2 is 2.04 bits per heavy atom. The standard InChI is InChI=1S/C16H18N4O3/c1-10-5-6-12-11(9-10)20(4)15(22)16(2,23-12)14(21)17-13-7-8-19(3)18-13/h5-9H,1-4H3,(H,17,18,21). The second-order valence-corrected chi connectivity index (χ2v) is 5.80. The van der Waals surface area contributed by atoms with Crippen LogP contribution in [0.4, 0.5) is 11.5 Å². The van der Waals surface area contributed by atoms with Crippen LogP contribution >= 0.6 is 0 Å². The van der Waals surface area contributed by atoms with Crippen LogP contribution in [0.2, 0.25) is 0 Å². The van der Waals surface area contributed by atoms with E-state index in [4.69, 9.17) is 4.74 Å². The van der Waals surface area contributed by atoms with E-state index in [1.54, 1.807) is 37.1 Å². The fourth-order valence-corrected chi connectivity index (χ4v) is 2.53. The Kier molecular flexibility index (Phi) is 3.35. The van der Waals surface area contributed by atoms with E-state index in [9.17, 15) is 9.59 Å². The van der Waals surface area contributed by atoms with E-state index in [1.807, 2.05) is 19.1 Å². The Labute approximate surface area is 133 Å². The summed E-state index contributed by atoms with van der Waals surface area (Å²) in [4.78, 5) is 26.7. The second kappa shape index (κ2) is 5.12. The van der Waals surface area contributed by atoms with E-state index in [0.29, 0.717) is 17.3 Å². The zero-order valence-electron chi connectivity index (χ0n) is 13.5. The highest BCUT2D eigenvalue weighted by molar-refractivity contribution is 6.19. The van der Waals surface area contributed by atoms with Crippen molar-refractivity contribution in [2.45, 2.75) is 19.4 Å². The molecule has 7 nitrogen and oxygen atoms in total. The van der Waals surface area contributed by atoms with Crippen LogP contribution in [0.25, 0.3) is 0 Å². The molecule has 1 N–H and O–H groups in total. The number of amides is 2. The number of carbonyl (C=O) groups excluding carboxylic acids is 2. The molecule has 1 aliphatic heterocycles. The number of hydrogen-bond acceptors (Lipinski definition) is 4. The van der Waals surface area contributed by atoms with E-state index < -0.39 is 17.4 Å². The number of hydrogen-bond donors (Lipinski definition) is 1. The topological polar surface area (TPSA) is 76.5 Å². The molecule has 7 heteroatoms. The minimum atomic E-state index is -1.64. The van der Waals surface area contributed by atoms with Crippen molar-refractivity contribution in [1.29, 1.82) is 0 Å². The molecule has 1 atom stereocenters. The largest absolute Gasteiger partial charge is 0.465 e. The lowest BCUT2D eigenvalue weighted by atomic mass is 10.00. The minimum absolute atomic E-state index is 0.368. The van der Waals surface area contributed by atoms with Crippen molar-refractivity contribution < 1.29 is 14.3 Å². The highest BCUT2D eigenvalue weighted by Gasteiger charge is 2.49. The first-order valence-electron chi connectivity index (χ1n) is 7.20. The van der Waals surface area contributed by atoms with Crippen LogP contribution in [0, 0.1) is 6.92 Å². The molecule has 0 saturated carbocycles. The number of nitrogens with one attached hydrogen (secondary N) is 1. The van der Waals surface area contributed by atoms with Gasteiger partial charge >= 0.3 is 0 Å². The molecule has 0 fully saturated rings. The van der Waals surface area contributed by atoms with Crippen LogP contribution in [0.3, 0.4) is 0 Å². The first-order chi connectivity index (χ1) is 10.8. The van der Waals surface area contributed by atoms with Gasteiger partial charge in [-0.1, -0.05) is 6.07 Å². The van der Waals surface area contributed by atoms with Gasteiger partial charge in [-0.15, -0.1) is 0 Å². The van der Waals surface area contributed by atoms with Gasteiger partial charge in [-0.05, 0) is 31.5 Å². The molecule has 0 bridgehead atoms. The van der Waals surface area contributed by atoms with Crippen LogP contribution in [0.1, 0.15) is 12.5 Å². The van der Waals surface area contributed by atoms with Gasteiger partial charge in [-0.3, -0.25) is 14.3 Å². The molecule has 0 aliphatic carbocycles. The maximum atomic E-state index is 12.7. The van der Waals surface area contributed by atoms with E-state index in [0.717, 1.165) is 5.56 Å². The number of benzene rings is 1. The summed E-state index contributed by atoms with van der Waals surface area (Å²) in [6, 6.07) is 7.14. The summed E-state index contributed by atoms with van der Waals surface area (Å²) in [5.41, 5.74) is 0.0146. The number of likely N-dealkylation sites (N-methyl/N-ethyl adjacent to an activating group) is 1. The van der Waals surface area contributed by atoms with Gasteiger partial charge in [0.1, 0.15) is 5.75 Å². The Bertz CT molecular complexity index is 798. The maximum absolute atomic E-state index is 12.7. The lowest BCUT2D eigenvalue weighted by molar-refractivity contribution is -0.144. The van der Waals surface area contributed by atoms with Crippen molar-refractivity contribution in [3.8, 4) is 5.75 Å². The van der Waals surface area contributed by atoms with Gasteiger partial charge in [-0.25, -0.2) is 0 Å². The Hall–Kier alpha value is -2.83. The number of nitrogens with zero attached hydrogens (tertiary/aromatic N) is 3. The van der Waals surface area contributed by atoms with Crippen molar-refractivity contribution in [1.82, 2.24) is 9.78 Å². The van der Waals surface area contributed by atoms with Gasteiger partial charge in [0.15, 0.2) is 5.82 Å². The van der Waals surface area contributed by atoms with Crippen molar-refractivity contribution >= 4 is 23.3 Å². The quantitative estimate of drug-likeness (QED) is 0.852. The normalized spacial score (nSPS) is 20.0. The average Bonchev–Trinajstić information content (AvgIpc) is 2.91. The molecular weight excluding hydrogens is 296 g/mol.